The number of halogens is 3. The fourth-order valence-corrected chi connectivity index (χ4v) is 4.22. The van der Waals surface area contributed by atoms with Gasteiger partial charge in [0.05, 0.1) is 23.4 Å². The van der Waals surface area contributed by atoms with Crippen LogP contribution in [0.25, 0.3) is 10.8 Å². The highest BCUT2D eigenvalue weighted by Crippen LogP contribution is 2.38. The van der Waals surface area contributed by atoms with Crippen LogP contribution in [0.5, 0.6) is 0 Å². The summed E-state index contributed by atoms with van der Waals surface area (Å²) in [5.74, 6) is 0.0891. The summed E-state index contributed by atoms with van der Waals surface area (Å²) in [6.07, 6.45) is -1.10. The van der Waals surface area contributed by atoms with Gasteiger partial charge in [-0.1, -0.05) is 18.2 Å². The van der Waals surface area contributed by atoms with Crippen molar-refractivity contribution in [3.63, 3.8) is 0 Å². The molecule has 10 heteroatoms. The Balaban J connectivity index is 1.55. The molecule has 0 bridgehead atoms. The van der Waals surface area contributed by atoms with Crippen molar-refractivity contribution in [1.29, 1.82) is 0 Å². The number of aliphatic hydroxyl groups excluding tert-OH is 1. The number of anilines is 2. The number of fused-ring (bicyclic) bond motifs is 2. The van der Waals surface area contributed by atoms with E-state index in [4.69, 9.17) is 0 Å². The zero-order chi connectivity index (χ0) is 24.7. The average Bonchev–Trinajstić information content (AvgIpc) is 3.25. The molecule has 0 radical (unpaired) electrons. The van der Waals surface area contributed by atoms with Gasteiger partial charge in [0.15, 0.2) is 0 Å². The number of hydrogen-bond donors (Lipinski definition) is 3. The Kier molecular flexibility index (Phi) is 5.52. The Morgan fingerprint density at radius 3 is 2.60 bits per heavy atom. The highest BCUT2D eigenvalue weighted by Gasteiger charge is 2.35. The Morgan fingerprint density at radius 2 is 1.89 bits per heavy atom. The molecule has 178 valence electrons. The molecular weight excluding hydrogens is 459 g/mol. The monoisotopic (exact) mass is 479 g/mol. The molecule has 3 heterocycles. The maximum absolute atomic E-state index is 13.5. The van der Waals surface area contributed by atoms with Crippen LogP contribution in [-0.4, -0.2) is 25.8 Å². The zero-order valence-corrected chi connectivity index (χ0v) is 18.5. The summed E-state index contributed by atoms with van der Waals surface area (Å²) in [5, 5.41) is 21.8. The van der Waals surface area contributed by atoms with E-state index in [1.54, 1.807) is 31.5 Å². The molecular formula is C25H20F3N5O2. The van der Waals surface area contributed by atoms with Gasteiger partial charge in [-0.15, -0.1) is 0 Å². The first kappa shape index (κ1) is 22.6. The molecule has 1 aliphatic rings. The topological polar surface area (TPSA) is 92.1 Å². The molecule has 5 rings (SSSR count). The van der Waals surface area contributed by atoms with Crippen LogP contribution >= 0.6 is 0 Å². The Bertz CT molecular complexity index is 1460. The van der Waals surface area contributed by atoms with Crippen molar-refractivity contribution in [3.8, 4) is 0 Å². The fourth-order valence-electron chi connectivity index (χ4n) is 4.22. The van der Waals surface area contributed by atoms with Crippen molar-refractivity contribution < 1.29 is 23.1 Å². The minimum Gasteiger partial charge on any atom is -0.390 e. The molecule has 35 heavy (non-hydrogen) atoms. The number of hydrogen-bond acceptors (Lipinski definition) is 5. The first-order valence-corrected chi connectivity index (χ1v) is 10.7. The second kappa shape index (κ2) is 8.55. The van der Waals surface area contributed by atoms with E-state index in [2.05, 4.69) is 20.7 Å². The molecule has 2 aromatic carbocycles. The summed E-state index contributed by atoms with van der Waals surface area (Å²) >= 11 is 0. The van der Waals surface area contributed by atoms with Crippen molar-refractivity contribution in [1.82, 2.24) is 14.8 Å². The standard InChI is InChI=1S/C25H20F3N5O2/c1-14-22(24(35)31-19-7-4-17-12-29-9-8-16(17)10-19)23(33-21(30-14)11-20(13-34)32-33)15-2-5-18(6-3-15)25(26,27)28/h2-12,23,30,34H,13H2,1H3,(H,31,35). The number of allylic oxidation sites excluding steroid dienone is 1. The first-order valence-electron chi connectivity index (χ1n) is 10.7. The van der Waals surface area contributed by atoms with Crippen molar-refractivity contribution in [2.75, 3.05) is 10.6 Å². The molecule has 1 aliphatic heterocycles. The van der Waals surface area contributed by atoms with Crippen molar-refractivity contribution in [2.24, 2.45) is 0 Å². The Morgan fingerprint density at radius 1 is 1.11 bits per heavy atom. The van der Waals surface area contributed by atoms with Gasteiger partial charge in [0.1, 0.15) is 11.9 Å². The maximum atomic E-state index is 13.5. The van der Waals surface area contributed by atoms with E-state index in [0.29, 0.717) is 34.0 Å². The van der Waals surface area contributed by atoms with E-state index in [-0.39, 0.29) is 6.61 Å². The van der Waals surface area contributed by atoms with Crippen molar-refractivity contribution in [2.45, 2.75) is 25.7 Å². The van der Waals surface area contributed by atoms with Gasteiger partial charge in [-0.2, -0.15) is 18.3 Å². The zero-order valence-electron chi connectivity index (χ0n) is 18.5. The van der Waals surface area contributed by atoms with Crippen LogP contribution in [-0.2, 0) is 17.6 Å². The summed E-state index contributed by atoms with van der Waals surface area (Å²) < 4.78 is 40.9. The third-order valence-electron chi connectivity index (χ3n) is 5.88. The second-order valence-electron chi connectivity index (χ2n) is 8.20. The number of nitrogens with one attached hydrogen (secondary N) is 2. The summed E-state index contributed by atoms with van der Waals surface area (Å²) in [6.45, 7) is 1.39. The van der Waals surface area contributed by atoms with E-state index in [1.807, 2.05) is 18.2 Å². The van der Waals surface area contributed by atoms with Crippen molar-refractivity contribution in [3.05, 3.63) is 95.1 Å². The van der Waals surface area contributed by atoms with Gasteiger partial charge in [-0.05, 0) is 48.2 Å². The summed E-state index contributed by atoms with van der Waals surface area (Å²) in [7, 11) is 0. The van der Waals surface area contributed by atoms with E-state index in [9.17, 15) is 23.1 Å². The summed E-state index contributed by atoms with van der Waals surface area (Å²) in [5.41, 5.74) is 1.39. The SMILES string of the molecule is CC1=C(C(=O)Nc2ccc3cnccc3c2)C(c2ccc(C(F)(F)F)cc2)n2nc(CO)cc2N1. The number of amides is 1. The molecule has 1 amide bonds. The minimum absolute atomic E-state index is 0.291. The molecule has 3 N–H and O–H groups in total. The molecule has 7 nitrogen and oxygen atoms in total. The van der Waals surface area contributed by atoms with Crippen LogP contribution in [0.4, 0.5) is 24.7 Å². The number of alkyl halides is 3. The number of nitrogens with zero attached hydrogens (tertiary/aromatic N) is 3. The number of carbonyl (C=O) groups is 1. The predicted octanol–water partition coefficient (Wildman–Crippen LogP) is 4.87. The second-order valence-corrected chi connectivity index (χ2v) is 8.20. The summed E-state index contributed by atoms with van der Waals surface area (Å²) in [4.78, 5) is 17.6. The predicted molar refractivity (Wildman–Crippen MR) is 124 cm³/mol. The highest BCUT2D eigenvalue weighted by molar-refractivity contribution is 6.06. The summed E-state index contributed by atoms with van der Waals surface area (Å²) in [6, 6.07) is 12.7. The third-order valence-corrected chi connectivity index (χ3v) is 5.88. The van der Waals surface area contributed by atoms with Gasteiger partial charge in [-0.25, -0.2) is 4.68 Å². The van der Waals surface area contributed by atoms with E-state index in [0.717, 1.165) is 22.9 Å². The fraction of sp³-hybridized carbons (Fsp3) is 0.160. The lowest BCUT2D eigenvalue weighted by Crippen LogP contribution is -2.31. The molecule has 0 saturated carbocycles. The Hall–Kier alpha value is -4.18. The van der Waals surface area contributed by atoms with E-state index < -0.39 is 23.7 Å². The van der Waals surface area contributed by atoms with E-state index in [1.165, 1.54) is 16.8 Å². The first-order chi connectivity index (χ1) is 16.7. The van der Waals surface area contributed by atoms with Crippen LogP contribution in [0, 0.1) is 0 Å². The van der Waals surface area contributed by atoms with Crippen LogP contribution in [0.3, 0.4) is 0 Å². The molecule has 1 unspecified atom stereocenters. The normalized spacial score (nSPS) is 15.6. The average molecular weight is 479 g/mol. The van der Waals surface area contributed by atoms with Gasteiger partial charge in [-0.3, -0.25) is 9.78 Å². The van der Waals surface area contributed by atoms with Gasteiger partial charge in [0, 0.05) is 35.2 Å². The lowest BCUT2D eigenvalue weighted by atomic mass is 9.94. The molecule has 0 saturated heterocycles. The number of benzene rings is 2. The van der Waals surface area contributed by atoms with Crippen LogP contribution < -0.4 is 10.6 Å². The van der Waals surface area contributed by atoms with Gasteiger partial charge >= 0.3 is 6.18 Å². The smallest absolute Gasteiger partial charge is 0.390 e. The molecule has 2 aromatic heterocycles. The number of aromatic nitrogens is 3. The van der Waals surface area contributed by atoms with Gasteiger partial charge in [0.2, 0.25) is 0 Å². The van der Waals surface area contributed by atoms with Crippen LogP contribution in [0.2, 0.25) is 0 Å². The van der Waals surface area contributed by atoms with Gasteiger partial charge < -0.3 is 15.7 Å². The number of carbonyl (C=O) groups excluding carboxylic acids is 1. The largest absolute Gasteiger partial charge is 0.416 e. The molecule has 0 aliphatic carbocycles. The number of aliphatic hydroxyl groups is 1. The molecule has 4 aromatic rings. The lowest BCUT2D eigenvalue weighted by molar-refractivity contribution is -0.137. The lowest BCUT2D eigenvalue weighted by Gasteiger charge is -2.30. The Labute approximate surface area is 197 Å². The number of pyridine rings is 1. The third kappa shape index (κ3) is 4.24. The van der Waals surface area contributed by atoms with E-state index >= 15 is 0 Å². The van der Waals surface area contributed by atoms with Crippen LogP contribution in [0.15, 0.2) is 78.3 Å². The van der Waals surface area contributed by atoms with Crippen LogP contribution in [0.1, 0.15) is 29.8 Å². The van der Waals surface area contributed by atoms with Crippen molar-refractivity contribution >= 4 is 28.2 Å². The number of rotatable bonds is 4. The highest BCUT2D eigenvalue weighted by atomic mass is 19.4. The maximum Gasteiger partial charge on any atom is 0.416 e. The molecule has 0 fully saturated rings. The minimum atomic E-state index is -4.48. The molecule has 1 atom stereocenters. The van der Waals surface area contributed by atoms with Gasteiger partial charge in [0.25, 0.3) is 5.91 Å². The molecule has 0 spiro atoms. The quantitative estimate of drug-likeness (QED) is 0.389.